The van der Waals surface area contributed by atoms with E-state index in [2.05, 4.69) is 36.0 Å². The number of nitrogens with zero attached hydrogens (tertiary/aromatic N) is 5. The van der Waals surface area contributed by atoms with Gasteiger partial charge in [0.15, 0.2) is 11.6 Å². The number of carbonyl (C=O) groups is 1. The van der Waals surface area contributed by atoms with Crippen LogP contribution in [0.1, 0.15) is 37.6 Å². The van der Waals surface area contributed by atoms with E-state index >= 15 is 0 Å². The Kier molecular flexibility index (Phi) is 4.11. The Morgan fingerprint density at radius 2 is 2.15 bits per heavy atom. The van der Waals surface area contributed by atoms with Crippen molar-refractivity contribution in [3.8, 4) is 11.5 Å². The van der Waals surface area contributed by atoms with Crippen LogP contribution in [-0.4, -0.2) is 36.0 Å². The molecular formula is C17H20N8O. The van der Waals surface area contributed by atoms with Gasteiger partial charge in [-0.05, 0) is 45.2 Å². The van der Waals surface area contributed by atoms with E-state index in [0.29, 0.717) is 23.2 Å². The SMILES string of the molecule is CC(C)n1cnnc1-c1cccc(NC(=O)Nc2n[nH]c3c2CCC3)n1. The van der Waals surface area contributed by atoms with E-state index in [-0.39, 0.29) is 12.1 Å². The predicted octanol–water partition coefficient (Wildman–Crippen LogP) is 2.78. The molecule has 1 aliphatic carbocycles. The van der Waals surface area contributed by atoms with Crippen molar-refractivity contribution in [1.29, 1.82) is 0 Å². The van der Waals surface area contributed by atoms with Crippen LogP contribution in [0.5, 0.6) is 0 Å². The molecule has 9 nitrogen and oxygen atoms in total. The summed E-state index contributed by atoms with van der Waals surface area (Å²) in [6, 6.07) is 5.23. The van der Waals surface area contributed by atoms with Crippen LogP contribution in [-0.2, 0) is 12.8 Å². The number of rotatable bonds is 4. The number of H-pyrrole nitrogens is 1. The molecule has 0 aliphatic heterocycles. The quantitative estimate of drug-likeness (QED) is 0.668. The van der Waals surface area contributed by atoms with Crippen molar-refractivity contribution in [3.63, 3.8) is 0 Å². The molecule has 26 heavy (non-hydrogen) atoms. The fourth-order valence-corrected chi connectivity index (χ4v) is 3.11. The number of aryl methyl sites for hydroxylation is 1. The summed E-state index contributed by atoms with van der Waals surface area (Å²) in [7, 11) is 0. The number of hydrogen-bond donors (Lipinski definition) is 3. The van der Waals surface area contributed by atoms with Crippen molar-refractivity contribution in [2.45, 2.75) is 39.2 Å². The van der Waals surface area contributed by atoms with Crippen molar-refractivity contribution in [1.82, 2.24) is 29.9 Å². The largest absolute Gasteiger partial charge is 0.326 e. The molecule has 0 unspecified atom stereocenters. The molecule has 0 fully saturated rings. The van der Waals surface area contributed by atoms with Crippen molar-refractivity contribution in [3.05, 3.63) is 35.8 Å². The van der Waals surface area contributed by atoms with E-state index in [1.54, 1.807) is 12.4 Å². The highest BCUT2D eigenvalue weighted by Gasteiger charge is 2.20. The molecule has 3 heterocycles. The maximum absolute atomic E-state index is 12.3. The van der Waals surface area contributed by atoms with Gasteiger partial charge in [0.05, 0.1) is 0 Å². The number of anilines is 2. The third-order valence-corrected chi connectivity index (χ3v) is 4.39. The average molecular weight is 352 g/mol. The van der Waals surface area contributed by atoms with Crippen molar-refractivity contribution in [2.24, 2.45) is 0 Å². The molecule has 134 valence electrons. The minimum Gasteiger partial charge on any atom is -0.310 e. The Bertz CT molecular complexity index is 942. The molecule has 0 bridgehead atoms. The molecule has 3 aromatic heterocycles. The third kappa shape index (κ3) is 3.03. The number of hydrogen-bond acceptors (Lipinski definition) is 5. The first-order valence-electron chi connectivity index (χ1n) is 8.63. The maximum atomic E-state index is 12.3. The molecule has 9 heteroatoms. The Morgan fingerprint density at radius 1 is 1.27 bits per heavy atom. The Balaban J connectivity index is 1.50. The van der Waals surface area contributed by atoms with E-state index in [4.69, 9.17) is 0 Å². The van der Waals surface area contributed by atoms with E-state index in [9.17, 15) is 4.79 Å². The van der Waals surface area contributed by atoms with Crippen LogP contribution in [0.4, 0.5) is 16.4 Å². The van der Waals surface area contributed by atoms with Gasteiger partial charge < -0.3 is 4.57 Å². The summed E-state index contributed by atoms with van der Waals surface area (Å²) in [5.41, 5.74) is 2.84. The molecule has 0 radical (unpaired) electrons. The first kappa shape index (κ1) is 16.2. The van der Waals surface area contributed by atoms with Gasteiger partial charge in [-0.25, -0.2) is 9.78 Å². The van der Waals surface area contributed by atoms with Crippen LogP contribution in [0.2, 0.25) is 0 Å². The predicted molar refractivity (Wildman–Crippen MR) is 96.9 cm³/mol. The summed E-state index contributed by atoms with van der Waals surface area (Å²) < 4.78 is 1.93. The van der Waals surface area contributed by atoms with E-state index in [0.717, 1.165) is 30.5 Å². The highest BCUT2D eigenvalue weighted by atomic mass is 16.2. The van der Waals surface area contributed by atoms with Gasteiger partial charge in [-0.2, -0.15) is 5.10 Å². The van der Waals surface area contributed by atoms with Gasteiger partial charge in [-0.3, -0.25) is 15.7 Å². The first-order chi connectivity index (χ1) is 12.6. The number of nitrogens with one attached hydrogen (secondary N) is 3. The van der Waals surface area contributed by atoms with Crippen LogP contribution < -0.4 is 10.6 Å². The lowest BCUT2D eigenvalue weighted by Gasteiger charge is -2.11. The Hall–Kier alpha value is -3.23. The zero-order valence-electron chi connectivity index (χ0n) is 14.7. The second-order valence-corrected chi connectivity index (χ2v) is 6.53. The molecule has 3 aromatic rings. The molecule has 4 rings (SSSR count). The normalized spacial score (nSPS) is 13.0. The zero-order valence-corrected chi connectivity index (χ0v) is 14.7. The monoisotopic (exact) mass is 352 g/mol. The molecule has 0 spiro atoms. The van der Waals surface area contributed by atoms with Crippen molar-refractivity contribution < 1.29 is 4.79 Å². The van der Waals surface area contributed by atoms with Gasteiger partial charge >= 0.3 is 6.03 Å². The van der Waals surface area contributed by atoms with Crippen LogP contribution in [0.15, 0.2) is 24.5 Å². The number of urea groups is 1. The van der Waals surface area contributed by atoms with Crippen molar-refractivity contribution in [2.75, 3.05) is 10.6 Å². The number of fused-ring (bicyclic) bond motifs is 1. The van der Waals surface area contributed by atoms with Gasteiger partial charge in [0.1, 0.15) is 17.8 Å². The molecule has 2 amide bonds. The summed E-state index contributed by atoms with van der Waals surface area (Å²) in [5, 5.41) is 20.8. The summed E-state index contributed by atoms with van der Waals surface area (Å²) in [4.78, 5) is 16.8. The molecule has 0 atom stereocenters. The second-order valence-electron chi connectivity index (χ2n) is 6.53. The number of aromatic nitrogens is 6. The van der Waals surface area contributed by atoms with Crippen LogP contribution in [0, 0.1) is 0 Å². The maximum Gasteiger partial charge on any atom is 0.326 e. The highest BCUT2D eigenvalue weighted by molar-refractivity contribution is 5.99. The Labute approximate surface area is 150 Å². The molecule has 0 saturated heterocycles. The number of amides is 2. The van der Waals surface area contributed by atoms with Crippen LogP contribution in [0.3, 0.4) is 0 Å². The number of pyridine rings is 1. The van der Waals surface area contributed by atoms with Crippen LogP contribution in [0.25, 0.3) is 11.5 Å². The lowest BCUT2D eigenvalue weighted by atomic mass is 10.2. The topological polar surface area (TPSA) is 113 Å². The fourth-order valence-electron chi connectivity index (χ4n) is 3.11. The van der Waals surface area contributed by atoms with Gasteiger partial charge in [0.2, 0.25) is 0 Å². The zero-order chi connectivity index (χ0) is 18.1. The smallest absolute Gasteiger partial charge is 0.310 e. The van der Waals surface area contributed by atoms with Crippen molar-refractivity contribution >= 4 is 17.7 Å². The number of carbonyl (C=O) groups excluding carboxylic acids is 1. The third-order valence-electron chi connectivity index (χ3n) is 4.39. The average Bonchev–Trinajstić information content (AvgIpc) is 3.33. The van der Waals surface area contributed by atoms with E-state index in [1.807, 2.05) is 30.5 Å². The minimum atomic E-state index is -0.374. The second kappa shape index (κ2) is 6.58. The minimum absolute atomic E-state index is 0.212. The lowest BCUT2D eigenvalue weighted by Crippen LogP contribution is -2.21. The van der Waals surface area contributed by atoms with Gasteiger partial charge in [-0.15, -0.1) is 10.2 Å². The highest BCUT2D eigenvalue weighted by Crippen LogP contribution is 2.26. The Morgan fingerprint density at radius 3 is 3.00 bits per heavy atom. The molecule has 0 aromatic carbocycles. The molecule has 1 aliphatic rings. The standard InChI is InChI=1S/C17H20N8O/c1-10(2)25-9-18-24-16(25)13-7-4-8-14(19-13)20-17(26)21-15-11-5-3-6-12(11)22-23-15/h4,7-10H,3,5-6H2,1-2H3,(H3,19,20,21,22,23,26). The van der Waals surface area contributed by atoms with Gasteiger partial charge in [0.25, 0.3) is 0 Å². The first-order valence-corrected chi connectivity index (χ1v) is 8.63. The number of aromatic amines is 1. The van der Waals surface area contributed by atoms with E-state index < -0.39 is 0 Å². The summed E-state index contributed by atoms with van der Waals surface area (Å²) in [6.07, 6.45) is 4.67. The summed E-state index contributed by atoms with van der Waals surface area (Å²) in [6.45, 7) is 4.09. The van der Waals surface area contributed by atoms with Crippen LogP contribution >= 0.6 is 0 Å². The van der Waals surface area contributed by atoms with Gasteiger partial charge in [-0.1, -0.05) is 6.07 Å². The molecule has 0 saturated carbocycles. The summed E-state index contributed by atoms with van der Waals surface area (Å²) >= 11 is 0. The molecule has 3 N–H and O–H groups in total. The molecular weight excluding hydrogens is 332 g/mol. The fraction of sp³-hybridized carbons (Fsp3) is 0.353. The van der Waals surface area contributed by atoms with E-state index in [1.165, 1.54) is 0 Å². The van der Waals surface area contributed by atoms with Gasteiger partial charge in [0, 0.05) is 17.3 Å². The summed E-state index contributed by atoms with van der Waals surface area (Å²) in [5.74, 6) is 1.69. The lowest BCUT2D eigenvalue weighted by molar-refractivity contribution is 0.262.